The molecule has 1 atom stereocenters. The van der Waals surface area contributed by atoms with E-state index >= 15 is 0 Å². The highest BCUT2D eigenvalue weighted by molar-refractivity contribution is 5.94. The Kier molecular flexibility index (Phi) is 5.02. The molecule has 0 aliphatic carbocycles. The maximum Gasteiger partial charge on any atom is 0.253 e. The Hall–Kier alpha value is -3.28. The number of likely N-dealkylation sites (tertiary alicyclic amines) is 1. The molecule has 1 aromatic heterocycles. The molecule has 2 heterocycles. The van der Waals surface area contributed by atoms with Crippen LogP contribution in [0.5, 0.6) is 0 Å². The van der Waals surface area contributed by atoms with Gasteiger partial charge in [0.25, 0.3) is 5.91 Å². The van der Waals surface area contributed by atoms with Crippen molar-refractivity contribution in [1.29, 1.82) is 0 Å². The first-order chi connectivity index (χ1) is 13.6. The van der Waals surface area contributed by atoms with Crippen molar-refractivity contribution in [1.82, 2.24) is 14.9 Å². The van der Waals surface area contributed by atoms with Crippen molar-refractivity contribution in [2.75, 3.05) is 18.8 Å². The Bertz CT molecular complexity index is 976. The lowest BCUT2D eigenvalue weighted by Crippen LogP contribution is -2.39. The SMILES string of the molecule is Nc1ncc(-c2ccc(F)cc2)c([C@H]2CCCN(C(=O)c3ccccc3)C2)n1. The van der Waals surface area contributed by atoms with Gasteiger partial charge in [-0.3, -0.25) is 4.79 Å². The van der Waals surface area contributed by atoms with E-state index in [0.29, 0.717) is 12.1 Å². The average molecular weight is 376 g/mol. The second kappa shape index (κ2) is 7.76. The van der Waals surface area contributed by atoms with E-state index in [2.05, 4.69) is 9.97 Å². The van der Waals surface area contributed by atoms with Crippen molar-refractivity contribution in [3.05, 3.63) is 77.9 Å². The van der Waals surface area contributed by atoms with Gasteiger partial charge in [-0.1, -0.05) is 30.3 Å². The van der Waals surface area contributed by atoms with E-state index in [9.17, 15) is 9.18 Å². The Labute approximate surface area is 163 Å². The first-order valence-corrected chi connectivity index (χ1v) is 9.34. The molecule has 0 bridgehead atoms. The van der Waals surface area contributed by atoms with E-state index in [4.69, 9.17) is 5.73 Å². The Morgan fingerprint density at radius 3 is 2.61 bits per heavy atom. The summed E-state index contributed by atoms with van der Waals surface area (Å²) in [6.07, 6.45) is 3.47. The zero-order chi connectivity index (χ0) is 19.5. The molecule has 5 nitrogen and oxygen atoms in total. The minimum Gasteiger partial charge on any atom is -0.368 e. The van der Waals surface area contributed by atoms with Crippen molar-refractivity contribution in [2.24, 2.45) is 0 Å². The van der Waals surface area contributed by atoms with Gasteiger partial charge in [0.2, 0.25) is 5.95 Å². The quantitative estimate of drug-likeness (QED) is 0.753. The number of hydrogen-bond acceptors (Lipinski definition) is 4. The molecule has 1 aliphatic rings. The minimum absolute atomic E-state index is 0.0238. The first kappa shape index (κ1) is 18.1. The fraction of sp³-hybridized carbons (Fsp3) is 0.227. The van der Waals surface area contributed by atoms with Crippen molar-refractivity contribution < 1.29 is 9.18 Å². The molecule has 28 heavy (non-hydrogen) atoms. The van der Waals surface area contributed by atoms with E-state index in [1.165, 1.54) is 12.1 Å². The Morgan fingerprint density at radius 1 is 1.11 bits per heavy atom. The summed E-state index contributed by atoms with van der Waals surface area (Å²) in [5, 5.41) is 0. The molecule has 4 rings (SSSR count). The summed E-state index contributed by atoms with van der Waals surface area (Å²) in [5.74, 6) is -0.0197. The van der Waals surface area contributed by atoms with Gasteiger partial charge < -0.3 is 10.6 Å². The van der Waals surface area contributed by atoms with Gasteiger partial charge in [0, 0.05) is 36.3 Å². The smallest absolute Gasteiger partial charge is 0.253 e. The number of anilines is 1. The van der Waals surface area contributed by atoms with Gasteiger partial charge in [-0.05, 0) is 42.7 Å². The zero-order valence-corrected chi connectivity index (χ0v) is 15.4. The van der Waals surface area contributed by atoms with E-state index in [1.54, 1.807) is 18.3 Å². The molecule has 2 aromatic carbocycles. The van der Waals surface area contributed by atoms with Crippen LogP contribution in [-0.2, 0) is 0 Å². The lowest BCUT2D eigenvalue weighted by molar-refractivity contribution is 0.0706. The van der Waals surface area contributed by atoms with Crippen LogP contribution in [0.25, 0.3) is 11.1 Å². The van der Waals surface area contributed by atoms with Crippen LogP contribution in [0.4, 0.5) is 10.3 Å². The topological polar surface area (TPSA) is 72.1 Å². The molecule has 0 unspecified atom stereocenters. The first-order valence-electron chi connectivity index (χ1n) is 9.34. The number of nitrogen functional groups attached to an aromatic ring is 1. The number of carbonyl (C=O) groups excluding carboxylic acids is 1. The highest BCUT2D eigenvalue weighted by atomic mass is 19.1. The molecule has 1 aliphatic heterocycles. The second-order valence-electron chi connectivity index (χ2n) is 6.99. The Morgan fingerprint density at radius 2 is 1.86 bits per heavy atom. The molecule has 0 saturated carbocycles. The maximum atomic E-state index is 13.3. The fourth-order valence-corrected chi connectivity index (χ4v) is 3.72. The summed E-state index contributed by atoms with van der Waals surface area (Å²) in [6.45, 7) is 1.29. The van der Waals surface area contributed by atoms with Crippen molar-refractivity contribution in [2.45, 2.75) is 18.8 Å². The number of nitrogens with zero attached hydrogens (tertiary/aromatic N) is 3. The lowest BCUT2D eigenvalue weighted by Gasteiger charge is -2.33. The Balaban J connectivity index is 1.64. The number of carbonyl (C=O) groups is 1. The summed E-state index contributed by atoms with van der Waals surface area (Å²) in [5.41, 5.74) is 9.02. The van der Waals surface area contributed by atoms with E-state index in [1.807, 2.05) is 35.2 Å². The number of amides is 1. The third kappa shape index (κ3) is 3.71. The summed E-state index contributed by atoms with van der Waals surface area (Å²) >= 11 is 0. The van der Waals surface area contributed by atoms with Gasteiger partial charge in [-0.15, -0.1) is 0 Å². The van der Waals surface area contributed by atoms with Crippen LogP contribution >= 0.6 is 0 Å². The van der Waals surface area contributed by atoms with E-state index in [-0.39, 0.29) is 23.6 Å². The molecule has 1 saturated heterocycles. The largest absolute Gasteiger partial charge is 0.368 e. The normalized spacial score (nSPS) is 16.8. The maximum absolute atomic E-state index is 13.3. The number of halogens is 1. The zero-order valence-electron chi connectivity index (χ0n) is 15.4. The summed E-state index contributed by atoms with van der Waals surface area (Å²) < 4.78 is 13.3. The highest BCUT2D eigenvalue weighted by Crippen LogP contribution is 2.33. The van der Waals surface area contributed by atoms with Gasteiger partial charge in [0.1, 0.15) is 5.82 Å². The molecule has 1 fully saturated rings. The van der Waals surface area contributed by atoms with Crippen molar-refractivity contribution >= 4 is 11.9 Å². The number of rotatable bonds is 3. The molecule has 2 N–H and O–H groups in total. The minimum atomic E-state index is -0.293. The third-order valence-electron chi connectivity index (χ3n) is 5.11. The molecule has 142 valence electrons. The van der Waals surface area contributed by atoms with Gasteiger partial charge in [-0.2, -0.15) is 0 Å². The fourth-order valence-electron chi connectivity index (χ4n) is 3.72. The average Bonchev–Trinajstić information content (AvgIpc) is 2.74. The van der Waals surface area contributed by atoms with Crippen molar-refractivity contribution in [3.8, 4) is 11.1 Å². The molecular formula is C22H21FN4O. The number of aromatic nitrogens is 2. The number of nitrogens with two attached hydrogens (primary N) is 1. The van der Waals surface area contributed by atoms with Crippen LogP contribution < -0.4 is 5.73 Å². The molecule has 3 aromatic rings. The third-order valence-corrected chi connectivity index (χ3v) is 5.11. The predicted molar refractivity (Wildman–Crippen MR) is 106 cm³/mol. The summed E-state index contributed by atoms with van der Waals surface area (Å²) in [4.78, 5) is 23.4. The van der Waals surface area contributed by atoms with Crippen LogP contribution in [0, 0.1) is 5.82 Å². The monoisotopic (exact) mass is 376 g/mol. The van der Waals surface area contributed by atoms with Gasteiger partial charge in [0.05, 0.1) is 5.69 Å². The standard InChI is InChI=1S/C22H21FN4O/c23-18-10-8-15(9-11-18)19-13-25-22(24)26-20(19)17-7-4-12-27(14-17)21(28)16-5-2-1-3-6-16/h1-3,5-6,8-11,13,17H,4,7,12,14H2,(H2,24,25,26)/t17-/m0/s1. The van der Waals surface area contributed by atoms with Crippen molar-refractivity contribution in [3.63, 3.8) is 0 Å². The molecule has 0 spiro atoms. The van der Waals surface area contributed by atoms with Crippen LogP contribution in [0.15, 0.2) is 60.8 Å². The van der Waals surface area contributed by atoms with Crippen LogP contribution in [0.3, 0.4) is 0 Å². The number of piperidine rings is 1. The van der Waals surface area contributed by atoms with Gasteiger partial charge in [-0.25, -0.2) is 14.4 Å². The number of hydrogen-bond donors (Lipinski definition) is 1. The molecule has 6 heteroatoms. The number of benzene rings is 2. The lowest BCUT2D eigenvalue weighted by atomic mass is 9.89. The van der Waals surface area contributed by atoms with E-state index < -0.39 is 0 Å². The summed E-state index contributed by atoms with van der Waals surface area (Å²) in [7, 11) is 0. The van der Waals surface area contributed by atoms with Gasteiger partial charge in [0.15, 0.2) is 0 Å². The van der Waals surface area contributed by atoms with Crippen LogP contribution in [0.2, 0.25) is 0 Å². The van der Waals surface area contributed by atoms with Crippen LogP contribution in [-0.4, -0.2) is 33.9 Å². The highest BCUT2D eigenvalue weighted by Gasteiger charge is 2.28. The molecular weight excluding hydrogens is 355 g/mol. The summed E-state index contributed by atoms with van der Waals surface area (Å²) in [6, 6.07) is 15.6. The van der Waals surface area contributed by atoms with Crippen LogP contribution in [0.1, 0.15) is 34.8 Å². The van der Waals surface area contributed by atoms with E-state index in [0.717, 1.165) is 36.2 Å². The second-order valence-corrected chi connectivity index (χ2v) is 6.99. The molecule has 0 radical (unpaired) electrons. The van der Waals surface area contributed by atoms with Gasteiger partial charge >= 0.3 is 0 Å². The predicted octanol–water partition coefficient (Wildman–Crippen LogP) is 3.88. The molecule has 1 amide bonds.